The van der Waals surface area contributed by atoms with Crippen LogP contribution < -0.4 is 10.2 Å². The second-order valence-electron chi connectivity index (χ2n) is 10.2. The van der Waals surface area contributed by atoms with Crippen molar-refractivity contribution in [1.82, 2.24) is 15.1 Å². The molecule has 1 aliphatic carbocycles. The second-order valence-corrected chi connectivity index (χ2v) is 10.2. The van der Waals surface area contributed by atoms with E-state index in [2.05, 4.69) is 17.1 Å². The molecule has 3 amide bonds. The Kier molecular flexibility index (Phi) is 8.11. The zero-order valence-electron chi connectivity index (χ0n) is 20.6. The minimum atomic E-state index is -0.688. The number of nitrogens with zero attached hydrogens (tertiary/aromatic N) is 3. The number of carbonyl (C=O) groups is 3. The number of hydrogen-bond donors (Lipinski definition) is 1. The first-order chi connectivity index (χ1) is 16.5. The van der Waals surface area contributed by atoms with Crippen molar-refractivity contribution in [2.24, 2.45) is 5.92 Å². The average molecular weight is 469 g/mol. The smallest absolute Gasteiger partial charge is 0.250 e. The van der Waals surface area contributed by atoms with Crippen molar-refractivity contribution in [2.75, 3.05) is 37.7 Å². The van der Waals surface area contributed by atoms with Crippen LogP contribution in [0.5, 0.6) is 0 Å². The predicted molar refractivity (Wildman–Crippen MR) is 133 cm³/mol. The molecule has 0 bridgehead atoms. The van der Waals surface area contributed by atoms with E-state index in [9.17, 15) is 14.4 Å². The third kappa shape index (κ3) is 5.39. The van der Waals surface area contributed by atoms with E-state index in [0.717, 1.165) is 18.5 Å². The van der Waals surface area contributed by atoms with Crippen molar-refractivity contribution >= 4 is 23.4 Å². The molecule has 0 unspecified atom stereocenters. The van der Waals surface area contributed by atoms with Crippen molar-refractivity contribution < 1.29 is 14.4 Å². The van der Waals surface area contributed by atoms with E-state index in [1.165, 1.54) is 32.1 Å². The zero-order chi connectivity index (χ0) is 24.0. The number of likely N-dealkylation sites (tertiary alicyclic amines) is 1. The first kappa shape index (κ1) is 24.6. The Morgan fingerprint density at radius 2 is 1.76 bits per heavy atom. The van der Waals surface area contributed by atoms with Crippen LogP contribution in [0.25, 0.3) is 0 Å². The topological polar surface area (TPSA) is 73.0 Å². The predicted octanol–water partition coefficient (Wildman–Crippen LogP) is 3.54. The molecule has 1 spiro atoms. The van der Waals surface area contributed by atoms with Gasteiger partial charge in [0, 0.05) is 31.7 Å². The summed E-state index contributed by atoms with van der Waals surface area (Å²) >= 11 is 0. The first-order valence-corrected chi connectivity index (χ1v) is 13.2. The maximum atomic E-state index is 13.8. The molecule has 34 heavy (non-hydrogen) atoms. The Hall–Kier alpha value is -2.57. The number of carbonyl (C=O) groups excluding carboxylic acids is 3. The standard InChI is InChI=1S/C27H40N4O3/c1-2-3-14-25(33)29-17-15-27(16-18-29)26(34)30(21-31(27)23-12-8-5-9-13-23)20-24(32)28-19-22-10-6-4-7-11-22/h5,8-9,12-13,22H,2-4,6-7,10-11,14-21H2,1H3,(H,28,32). The van der Waals surface area contributed by atoms with Crippen LogP contribution in [0, 0.1) is 5.92 Å². The van der Waals surface area contributed by atoms with Crippen LogP contribution >= 0.6 is 0 Å². The molecule has 1 saturated carbocycles. The third-order valence-corrected chi connectivity index (χ3v) is 7.92. The van der Waals surface area contributed by atoms with Gasteiger partial charge >= 0.3 is 0 Å². The van der Waals surface area contributed by atoms with E-state index >= 15 is 0 Å². The van der Waals surface area contributed by atoms with Crippen LogP contribution in [0.1, 0.15) is 71.1 Å². The lowest BCUT2D eigenvalue weighted by Crippen LogP contribution is -2.57. The van der Waals surface area contributed by atoms with Gasteiger partial charge in [0.2, 0.25) is 11.8 Å². The lowest BCUT2D eigenvalue weighted by atomic mass is 9.85. The van der Waals surface area contributed by atoms with E-state index in [4.69, 9.17) is 0 Å². The number of hydrogen-bond acceptors (Lipinski definition) is 4. The van der Waals surface area contributed by atoms with Gasteiger partial charge in [0.1, 0.15) is 12.1 Å². The fourth-order valence-electron chi connectivity index (χ4n) is 5.81. The highest BCUT2D eigenvalue weighted by Crippen LogP contribution is 2.39. The number of nitrogens with one attached hydrogen (secondary N) is 1. The summed E-state index contributed by atoms with van der Waals surface area (Å²) < 4.78 is 0. The van der Waals surface area contributed by atoms with Crippen molar-refractivity contribution in [2.45, 2.75) is 76.7 Å². The molecule has 3 aliphatic rings. The van der Waals surface area contributed by atoms with Crippen LogP contribution in [0.3, 0.4) is 0 Å². The van der Waals surface area contributed by atoms with E-state index in [0.29, 0.717) is 51.5 Å². The fraction of sp³-hybridized carbons (Fsp3) is 0.667. The summed E-state index contributed by atoms with van der Waals surface area (Å²) in [5.74, 6) is 0.696. The minimum Gasteiger partial charge on any atom is -0.354 e. The van der Waals surface area contributed by atoms with Crippen LogP contribution in [-0.4, -0.2) is 65.9 Å². The molecule has 2 saturated heterocycles. The van der Waals surface area contributed by atoms with Gasteiger partial charge in [0.05, 0.1) is 6.67 Å². The molecule has 186 valence electrons. The van der Waals surface area contributed by atoms with Crippen LogP contribution in [0.4, 0.5) is 5.69 Å². The maximum Gasteiger partial charge on any atom is 0.250 e. The second kappa shape index (κ2) is 11.2. The maximum absolute atomic E-state index is 13.8. The molecule has 0 atom stereocenters. The average Bonchev–Trinajstić information content (AvgIpc) is 3.13. The Balaban J connectivity index is 1.43. The summed E-state index contributed by atoms with van der Waals surface area (Å²) in [6.45, 7) is 4.47. The number of benzene rings is 1. The highest BCUT2D eigenvalue weighted by atomic mass is 16.2. The van der Waals surface area contributed by atoms with Crippen molar-refractivity contribution in [3.05, 3.63) is 30.3 Å². The first-order valence-electron chi connectivity index (χ1n) is 13.2. The van der Waals surface area contributed by atoms with Crippen molar-refractivity contribution in [3.8, 4) is 0 Å². The molecular weight excluding hydrogens is 428 g/mol. The Morgan fingerprint density at radius 3 is 2.44 bits per heavy atom. The van der Waals surface area contributed by atoms with Crippen LogP contribution in [0.15, 0.2) is 30.3 Å². The fourth-order valence-corrected chi connectivity index (χ4v) is 5.81. The highest BCUT2D eigenvalue weighted by molar-refractivity contribution is 5.96. The number of amides is 3. The molecular formula is C27H40N4O3. The molecule has 7 nitrogen and oxygen atoms in total. The Morgan fingerprint density at radius 1 is 1.06 bits per heavy atom. The molecule has 1 aromatic carbocycles. The number of piperidine rings is 1. The molecule has 4 rings (SSSR count). The summed E-state index contributed by atoms with van der Waals surface area (Å²) in [6.07, 6.45) is 9.83. The van der Waals surface area contributed by atoms with Gasteiger partial charge in [-0.1, -0.05) is 50.8 Å². The van der Waals surface area contributed by atoms with Gasteiger partial charge in [0.25, 0.3) is 5.91 Å². The van der Waals surface area contributed by atoms with E-state index in [1.54, 1.807) is 4.90 Å². The van der Waals surface area contributed by atoms with Gasteiger partial charge in [-0.3, -0.25) is 14.4 Å². The lowest BCUT2D eigenvalue weighted by molar-refractivity contribution is -0.140. The van der Waals surface area contributed by atoms with Gasteiger partial charge in [0.15, 0.2) is 0 Å². The summed E-state index contributed by atoms with van der Waals surface area (Å²) in [6, 6.07) is 9.99. The largest absolute Gasteiger partial charge is 0.354 e. The molecule has 7 heteroatoms. The normalized spacial score (nSPS) is 20.7. The molecule has 1 aromatic rings. The number of anilines is 1. The van der Waals surface area contributed by atoms with Crippen LogP contribution in [0.2, 0.25) is 0 Å². The van der Waals surface area contributed by atoms with Crippen molar-refractivity contribution in [3.63, 3.8) is 0 Å². The number of rotatable bonds is 8. The summed E-state index contributed by atoms with van der Waals surface area (Å²) in [5.41, 5.74) is 0.304. The lowest BCUT2D eigenvalue weighted by Gasteiger charge is -2.43. The monoisotopic (exact) mass is 468 g/mol. The minimum absolute atomic E-state index is 0.0184. The van der Waals surface area contributed by atoms with Gasteiger partial charge in [-0.15, -0.1) is 0 Å². The molecule has 1 N–H and O–H groups in total. The quantitative estimate of drug-likeness (QED) is 0.633. The Labute approximate surface area is 203 Å². The number of para-hydroxylation sites is 1. The Bertz CT molecular complexity index is 845. The molecule has 0 aromatic heterocycles. The summed E-state index contributed by atoms with van der Waals surface area (Å²) in [4.78, 5) is 44.9. The van der Waals surface area contributed by atoms with Crippen LogP contribution in [-0.2, 0) is 14.4 Å². The van der Waals surface area contributed by atoms with Crippen molar-refractivity contribution in [1.29, 1.82) is 0 Å². The van der Waals surface area contributed by atoms with Gasteiger partial charge < -0.3 is 20.0 Å². The third-order valence-electron chi connectivity index (χ3n) is 7.92. The molecule has 3 fully saturated rings. The highest BCUT2D eigenvalue weighted by Gasteiger charge is 2.54. The van der Waals surface area contributed by atoms with E-state index in [1.807, 2.05) is 35.2 Å². The molecule has 2 aliphatic heterocycles. The number of unbranched alkanes of at least 4 members (excludes halogenated alkanes) is 1. The molecule has 0 radical (unpaired) electrons. The molecule has 2 heterocycles. The van der Waals surface area contributed by atoms with Gasteiger partial charge in [-0.25, -0.2) is 0 Å². The van der Waals surface area contributed by atoms with E-state index < -0.39 is 5.54 Å². The van der Waals surface area contributed by atoms with Gasteiger partial charge in [-0.2, -0.15) is 0 Å². The summed E-state index contributed by atoms with van der Waals surface area (Å²) in [7, 11) is 0. The van der Waals surface area contributed by atoms with Gasteiger partial charge in [-0.05, 0) is 50.2 Å². The SMILES string of the molecule is CCCCC(=O)N1CCC2(CC1)C(=O)N(CC(=O)NCC1CCCCC1)CN2c1ccccc1. The zero-order valence-corrected chi connectivity index (χ0v) is 20.6. The summed E-state index contributed by atoms with van der Waals surface area (Å²) in [5, 5.41) is 3.08. The van der Waals surface area contributed by atoms with E-state index in [-0.39, 0.29) is 24.3 Å².